The normalized spacial score (nSPS) is 24.6. The second-order valence-electron chi connectivity index (χ2n) is 16.3. The molecule has 0 amide bonds. The van der Waals surface area contributed by atoms with Gasteiger partial charge in [-0.2, -0.15) is 0 Å². The lowest BCUT2D eigenvalue weighted by molar-refractivity contribution is -0.364. The molecule has 0 spiro atoms. The minimum Gasteiger partial charge on any atom is -0.452 e. The fourth-order valence-corrected chi connectivity index (χ4v) is 8.09. The van der Waals surface area contributed by atoms with Crippen LogP contribution in [0.25, 0.3) is 0 Å². The van der Waals surface area contributed by atoms with Crippen LogP contribution in [0.4, 0.5) is 0 Å². The summed E-state index contributed by atoms with van der Waals surface area (Å²) < 4.78 is 65.1. The van der Waals surface area contributed by atoms with Gasteiger partial charge in [-0.3, -0.25) is 0 Å². The van der Waals surface area contributed by atoms with Crippen molar-refractivity contribution in [3.8, 4) is 0 Å². The van der Waals surface area contributed by atoms with Crippen molar-refractivity contribution in [1.82, 2.24) is 0 Å². The van der Waals surface area contributed by atoms with E-state index in [1.165, 1.54) is 7.11 Å². The first-order valence-electron chi connectivity index (χ1n) is 22.5. The minimum atomic E-state index is -1.55. The Balaban J connectivity index is 1.20. The summed E-state index contributed by atoms with van der Waals surface area (Å²) >= 11 is 0. The molecule has 2 saturated heterocycles. The van der Waals surface area contributed by atoms with E-state index in [1.807, 2.05) is 91.0 Å². The van der Waals surface area contributed by atoms with Crippen LogP contribution in [0.2, 0.25) is 0 Å². The fraction of sp³-hybridized carbons (Fsp3) is 0.291. The van der Waals surface area contributed by atoms with Gasteiger partial charge in [-0.05, 0) is 60.0 Å². The summed E-state index contributed by atoms with van der Waals surface area (Å²) in [4.78, 5) is 42.2. The highest BCUT2D eigenvalue weighted by atomic mass is 16.8. The molecule has 0 radical (unpaired) electrons. The quantitative estimate of drug-likeness (QED) is 0.0566. The number of carbonyl (C=O) groups excluding carboxylic acids is 3. The lowest BCUT2D eigenvalue weighted by Crippen LogP contribution is -2.66. The van der Waals surface area contributed by atoms with Gasteiger partial charge in [-0.15, -0.1) is 0 Å². The molecule has 2 fully saturated rings. The highest BCUT2D eigenvalue weighted by molar-refractivity contribution is 5.91. The first-order valence-corrected chi connectivity index (χ1v) is 22.5. The molecule has 352 valence electrons. The third-order valence-electron chi connectivity index (χ3n) is 11.6. The van der Waals surface area contributed by atoms with E-state index in [0.717, 1.165) is 16.7 Å². The molecule has 13 nitrogen and oxygen atoms in total. The van der Waals surface area contributed by atoms with Crippen molar-refractivity contribution >= 4 is 17.9 Å². The molecular weight excluding hydrogens is 869 g/mol. The van der Waals surface area contributed by atoms with Gasteiger partial charge in [0.05, 0.1) is 49.2 Å². The molecule has 13 heteroatoms. The molecule has 0 aromatic heterocycles. The lowest BCUT2D eigenvalue weighted by atomic mass is 9.96. The van der Waals surface area contributed by atoms with Crippen LogP contribution in [0, 0.1) is 0 Å². The molecule has 2 aliphatic rings. The molecule has 2 aliphatic heterocycles. The van der Waals surface area contributed by atoms with Gasteiger partial charge in [-0.25, -0.2) is 14.4 Å². The first-order chi connectivity index (χ1) is 33.3. The van der Waals surface area contributed by atoms with Gasteiger partial charge < -0.3 is 47.4 Å². The van der Waals surface area contributed by atoms with Gasteiger partial charge >= 0.3 is 17.9 Å². The zero-order valence-corrected chi connectivity index (χ0v) is 37.7. The van der Waals surface area contributed by atoms with Crippen LogP contribution >= 0.6 is 0 Å². The Labute approximate surface area is 395 Å². The first kappa shape index (κ1) is 47.9. The molecule has 0 saturated carbocycles. The Bertz CT molecular complexity index is 2460. The Morgan fingerprint density at radius 2 is 0.824 bits per heavy atom. The summed E-state index contributed by atoms with van der Waals surface area (Å²) in [6.07, 6.45) is -11.8. The van der Waals surface area contributed by atoms with E-state index in [-0.39, 0.29) is 43.1 Å². The minimum absolute atomic E-state index is 0.0443. The monoisotopic (exact) mass is 922 g/mol. The van der Waals surface area contributed by atoms with Crippen LogP contribution in [-0.2, 0) is 67.2 Å². The number of hydrogen-bond donors (Lipinski definition) is 0. The van der Waals surface area contributed by atoms with Gasteiger partial charge in [0, 0.05) is 7.11 Å². The Hall–Kier alpha value is -6.55. The van der Waals surface area contributed by atoms with Crippen molar-refractivity contribution in [1.29, 1.82) is 0 Å². The van der Waals surface area contributed by atoms with Crippen molar-refractivity contribution in [3.63, 3.8) is 0 Å². The molecule has 0 aliphatic carbocycles. The number of benzene rings is 6. The van der Waals surface area contributed by atoms with E-state index in [4.69, 9.17) is 47.4 Å². The predicted octanol–water partition coefficient (Wildman–Crippen LogP) is 8.55. The van der Waals surface area contributed by atoms with Gasteiger partial charge in [0.25, 0.3) is 0 Å². The van der Waals surface area contributed by atoms with E-state index in [2.05, 4.69) is 0 Å². The number of hydrogen-bond acceptors (Lipinski definition) is 13. The summed E-state index contributed by atoms with van der Waals surface area (Å²) in [7, 11) is 1.50. The van der Waals surface area contributed by atoms with Gasteiger partial charge in [0.1, 0.15) is 24.4 Å². The second kappa shape index (κ2) is 23.9. The maximum absolute atomic E-state index is 14.2. The maximum atomic E-state index is 14.2. The third-order valence-corrected chi connectivity index (χ3v) is 11.6. The van der Waals surface area contributed by atoms with E-state index >= 15 is 0 Å². The van der Waals surface area contributed by atoms with E-state index in [1.54, 1.807) is 97.9 Å². The molecule has 2 heterocycles. The summed E-state index contributed by atoms with van der Waals surface area (Å²) in [5, 5.41) is 0. The molecule has 0 N–H and O–H groups in total. The van der Waals surface area contributed by atoms with Crippen molar-refractivity contribution in [3.05, 3.63) is 215 Å². The highest BCUT2D eigenvalue weighted by Gasteiger charge is 2.56. The average molecular weight is 923 g/mol. The Morgan fingerprint density at radius 3 is 1.28 bits per heavy atom. The summed E-state index contributed by atoms with van der Waals surface area (Å²) in [5.41, 5.74) is 3.35. The van der Waals surface area contributed by atoms with Crippen LogP contribution in [0.1, 0.15) is 54.7 Å². The fourth-order valence-electron chi connectivity index (χ4n) is 8.09. The second-order valence-corrected chi connectivity index (χ2v) is 16.3. The topological polar surface area (TPSA) is 144 Å². The predicted molar refractivity (Wildman–Crippen MR) is 248 cm³/mol. The molecule has 0 bridgehead atoms. The van der Waals surface area contributed by atoms with Crippen molar-refractivity contribution in [2.24, 2.45) is 0 Å². The largest absolute Gasteiger partial charge is 0.452 e. The van der Waals surface area contributed by atoms with Gasteiger partial charge in [-0.1, -0.05) is 146 Å². The molecule has 6 aromatic rings. The average Bonchev–Trinajstić information content (AvgIpc) is 3.39. The van der Waals surface area contributed by atoms with Gasteiger partial charge in [0.15, 0.2) is 30.9 Å². The van der Waals surface area contributed by atoms with Crippen molar-refractivity contribution < 1.29 is 61.8 Å². The highest BCUT2D eigenvalue weighted by Crippen LogP contribution is 2.37. The summed E-state index contributed by atoms with van der Waals surface area (Å²) in [6, 6.07) is 54.0. The standard InChI is InChI=1S/C55H54O13/c1-37-45(65-51(56)41-27-15-6-16-28-41)47(66-52(57)42-29-17-7-18-30-42)50(67-53(58)43-31-19-8-20-32-43)55(63-37)68-48-46(61-34-39-23-11-4-12-24-39)44(36-60-33-38-21-9-3-10-22-38)64-54(59-2)49(48)62-35-40-25-13-5-14-26-40/h3-32,37,44-50,54-55H,33-36H2,1-2H3/t37-,44-,45-,46-,47+,48+,49-,50-,54+,55+/m1/s1. The maximum Gasteiger partial charge on any atom is 0.338 e. The van der Waals surface area contributed by atoms with Crippen molar-refractivity contribution in [2.75, 3.05) is 13.7 Å². The number of methoxy groups -OCH3 is 1. The molecule has 8 rings (SSSR count). The van der Waals surface area contributed by atoms with E-state index in [0.29, 0.717) is 0 Å². The van der Waals surface area contributed by atoms with E-state index in [9.17, 15) is 14.4 Å². The van der Waals surface area contributed by atoms with Crippen LogP contribution in [0.15, 0.2) is 182 Å². The van der Waals surface area contributed by atoms with Crippen LogP contribution in [0.5, 0.6) is 0 Å². The van der Waals surface area contributed by atoms with Gasteiger partial charge in [0.2, 0.25) is 0 Å². The molecule has 6 aromatic carbocycles. The van der Waals surface area contributed by atoms with Crippen LogP contribution < -0.4 is 0 Å². The molecule has 0 unspecified atom stereocenters. The summed E-state index contributed by atoms with van der Waals surface area (Å²) in [5.74, 6) is -2.26. The SMILES string of the molecule is CO[C@H]1O[C@H](COCc2ccccc2)[C@@H](OCc2ccccc2)[C@H](O[C@@H]2O[C@H](C)[C@@H](OC(=O)c3ccccc3)[C@H](OC(=O)c3ccccc3)[C@H]2OC(=O)c2ccccc2)[C@H]1OCc1ccccc1. The van der Waals surface area contributed by atoms with Crippen LogP contribution in [-0.4, -0.2) is 93.0 Å². The molecule has 10 atom stereocenters. The molecular formula is C55H54O13. The van der Waals surface area contributed by atoms with Crippen LogP contribution in [0.3, 0.4) is 0 Å². The lowest BCUT2D eigenvalue weighted by Gasteiger charge is -2.49. The number of carbonyl (C=O) groups is 3. The number of ether oxygens (including phenoxy) is 10. The third kappa shape index (κ3) is 12.5. The zero-order chi connectivity index (χ0) is 47.1. The van der Waals surface area contributed by atoms with Crippen molar-refractivity contribution in [2.45, 2.75) is 88.2 Å². The Kier molecular flexibility index (Phi) is 16.9. The van der Waals surface area contributed by atoms with E-state index < -0.39 is 79.3 Å². The smallest absolute Gasteiger partial charge is 0.338 e. The Morgan fingerprint density at radius 1 is 0.426 bits per heavy atom. The number of rotatable bonds is 19. The zero-order valence-electron chi connectivity index (χ0n) is 37.7. The summed E-state index contributed by atoms with van der Waals surface area (Å²) in [6.45, 7) is 2.24. The number of esters is 3. The molecule has 68 heavy (non-hydrogen) atoms.